The van der Waals surface area contributed by atoms with E-state index in [0.29, 0.717) is 12.1 Å². The zero-order valence-corrected chi connectivity index (χ0v) is 10.6. The van der Waals surface area contributed by atoms with Gasteiger partial charge in [-0.15, -0.1) is 0 Å². The first-order valence-electron chi connectivity index (χ1n) is 4.89. The van der Waals surface area contributed by atoms with Crippen LogP contribution in [0.2, 0.25) is 0 Å². The number of aldehydes is 1. The molecule has 4 heteroatoms. The molecule has 1 aromatic carbocycles. The number of H-pyrrole nitrogens is 1. The molecule has 3 nitrogen and oxygen atoms in total. The van der Waals surface area contributed by atoms with Crippen LogP contribution >= 0.6 is 15.9 Å². The number of imidazole rings is 1. The molecule has 82 valence electrons. The van der Waals surface area contributed by atoms with Crippen LogP contribution in [0.5, 0.6) is 0 Å². The molecule has 0 bridgehead atoms. The highest BCUT2D eigenvalue weighted by molar-refractivity contribution is 9.10. The zero-order valence-electron chi connectivity index (χ0n) is 9.04. The first-order chi connectivity index (χ1) is 7.60. The Balaban J connectivity index is 2.57. The molecular formula is C12H11BrN2O. The normalized spacial score (nSPS) is 10.4. The molecule has 1 aromatic heterocycles. The molecule has 0 aliphatic rings. The number of aromatic amines is 1. The number of carbonyl (C=O) groups is 1. The van der Waals surface area contributed by atoms with Gasteiger partial charge in [0.25, 0.3) is 0 Å². The van der Waals surface area contributed by atoms with Crippen LogP contribution in [0.15, 0.2) is 22.8 Å². The Morgan fingerprint density at radius 3 is 2.38 bits per heavy atom. The van der Waals surface area contributed by atoms with Gasteiger partial charge in [0.2, 0.25) is 0 Å². The van der Waals surface area contributed by atoms with Gasteiger partial charge in [-0.1, -0.05) is 17.2 Å². The van der Waals surface area contributed by atoms with Crippen LogP contribution in [0.3, 0.4) is 0 Å². The minimum atomic E-state index is 0.334. The summed E-state index contributed by atoms with van der Waals surface area (Å²) in [5, 5.41) is 0. The second-order valence-electron chi connectivity index (χ2n) is 3.78. The molecule has 0 amide bonds. The third kappa shape index (κ3) is 2.07. The average Bonchev–Trinajstić information content (AvgIpc) is 2.58. The standard InChI is InChI=1S/C12H11BrN2O/c1-7-3-8(2)5-9(4-7)11-12(13)15-10(6-16)14-11/h3-6H,1-2H3,(H,14,15). The van der Waals surface area contributed by atoms with E-state index >= 15 is 0 Å². The Kier molecular flexibility index (Phi) is 2.92. The van der Waals surface area contributed by atoms with Crippen LogP contribution in [0.4, 0.5) is 0 Å². The van der Waals surface area contributed by atoms with E-state index in [1.807, 2.05) is 26.0 Å². The largest absolute Gasteiger partial charge is 0.330 e. The molecule has 16 heavy (non-hydrogen) atoms. The first kappa shape index (κ1) is 11.1. The second-order valence-corrected chi connectivity index (χ2v) is 4.57. The molecule has 0 fully saturated rings. The molecular weight excluding hydrogens is 268 g/mol. The van der Waals surface area contributed by atoms with Gasteiger partial charge in [0.1, 0.15) is 10.3 Å². The number of nitrogens with zero attached hydrogens (tertiary/aromatic N) is 1. The van der Waals surface area contributed by atoms with Crippen LogP contribution < -0.4 is 0 Å². The van der Waals surface area contributed by atoms with Crippen molar-refractivity contribution in [2.24, 2.45) is 0 Å². The number of benzene rings is 1. The van der Waals surface area contributed by atoms with E-state index in [4.69, 9.17) is 0 Å². The van der Waals surface area contributed by atoms with Gasteiger partial charge >= 0.3 is 0 Å². The van der Waals surface area contributed by atoms with Crippen molar-refractivity contribution >= 4 is 22.2 Å². The van der Waals surface area contributed by atoms with Gasteiger partial charge in [0.05, 0.1) is 0 Å². The molecule has 0 radical (unpaired) electrons. The fourth-order valence-electron chi connectivity index (χ4n) is 1.73. The van der Waals surface area contributed by atoms with Gasteiger partial charge in [-0.3, -0.25) is 4.79 Å². The maximum atomic E-state index is 10.6. The Labute approximate surface area is 102 Å². The number of aryl methyl sites for hydroxylation is 2. The number of carbonyl (C=O) groups excluding carboxylic acids is 1. The Hall–Kier alpha value is -1.42. The van der Waals surface area contributed by atoms with Gasteiger partial charge in [0, 0.05) is 5.56 Å². The molecule has 0 atom stereocenters. The number of hydrogen-bond acceptors (Lipinski definition) is 2. The summed E-state index contributed by atoms with van der Waals surface area (Å²) in [5.41, 5.74) is 4.14. The summed E-state index contributed by atoms with van der Waals surface area (Å²) in [5.74, 6) is 0.334. The summed E-state index contributed by atoms with van der Waals surface area (Å²) in [6.07, 6.45) is 0.705. The summed E-state index contributed by atoms with van der Waals surface area (Å²) in [7, 11) is 0. The number of nitrogens with one attached hydrogen (secondary N) is 1. The fraction of sp³-hybridized carbons (Fsp3) is 0.167. The van der Waals surface area contributed by atoms with E-state index in [1.54, 1.807) is 0 Å². The van der Waals surface area contributed by atoms with E-state index in [9.17, 15) is 4.79 Å². The Morgan fingerprint density at radius 1 is 1.25 bits per heavy atom. The van der Waals surface area contributed by atoms with Gasteiger partial charge in [-0.2, -0.15) is 0 Å². The first-order valence-corrected chi connectivity index (χ1v) is 5.69. The Morgan fingerprint density at radius 2 is 1.88 bits per heavy atom. The van der Waals surface area contributed by atoms with Crippen molar-refractivity contribution in [2.45, 2.75) is 13.8 Å². The molecule has 1 N–H and O–H groups in total. The van der Waals surface area contributed by atoms with Crippen LogP contribution in [0, 0.1) is 13.8 Å². The molecule has 2 aromatic rings. The van der Waals surface area contributed by atoms with Crippen LogP contribution in [0.25, 0.3) is 11.3 Å². The fourth-order valence-corrected chi connectivity index (χ4v) is 2.25. The van der Waals surface area contributed by atoms with Crippen molar-refractivity contribution in [1.29, 1.82) is 0 Å². The van der Waals surface area contributed by atoms with Gasteiger partial charge in [-0.05, 0) is 41.9 Å². The Bertz CT molecular complexity index is 526. The lowest BCUT2D eigenvalue weighted by molar-refractivity contribution is 0.111. The highest BCUT2D eigenvalue weighted by Crippen LogP contribution is 2.27. The minimum absolute atomic E-state index is 0.334. The smallest absolute Gasteiger partial charge is 0.185 e. The zero-order chi connectivity index (χ0) is 11.7. The molecule has 0 aliphatic heterocycles. The predicted molar refractivity (Wildman–Crippen MR) is 66.6 cm³/mol. The summed E-state index contributed by atoms with van der Waals surface area (Å²) >= 11 is 3.37. The maximum absolute atomic E-state index is 10.6. The van der Waals surface area contributed by atoms with E-state index in [-0.39, 0.29) is 0 Å². The molecule has 0 saturated carbocycles. The number of rotatable bonds is 2. The lowest BCUT2D eigenvalue weighted by Crippen LogP contribution is -1.84. The molecule has 0 aliphatic carbocycles. The quantitative estimate of drug-likeness (QED) is 0.857. The summed E-state index contributed by atoms with van der Waals surface area (Å²) in [6, 6.07) is 6.19. The van der Waals surface area contributed by atoms with Crippen molar-refractivity contribution < 1.29 is 4.79 Å². The maximum Gasteiger partial charge on any atom is 0.185 e. The van der Waals surface area contributed by atoms with E-state index in [1.165, 1.54) is 11.1 Å². The molecule has 0 unspecified atom stereocenters. The highest BCUT2D eigenvalue weighted by Gasteiger charge is 2.10. The SMILES string of the molecule is Cc1cc(C)cc(-c2nc(C=O)[nH]c2Br)c1. The van der Waals surface area contributed by atoms with Crippen molar-refractivity contribution in [3.8, 4) is 11.3 Å². The van der Waals surface area contributed by atoms with E-state index < -0.39 is 0 Å². The van der Waals surface area contributed by atoms with Crippen molar-refractivity contribution in [1.82, 2.24) is 9.97 Å². The molecule has 0 saturated heterocycles. The summed E-state index contributed by atoms with van der Waals surface area (Å²) in [4.78, 5) is 17.7. The van der Waals surface area contributed by atoms with Crippen LogP contribution in [-0.2, 0) is 0 Å². The van der Waals surface area contributed by atoms with Crippen LogP contribution in [-0.4, -0.2) is 16.3 Å². The topological polar surface area (TPSA) is 45.8 Å². The van der Waals surface area contributed by atoms with Crippen molar-refractivity contribution in [3.63, 3.8) is 0 Å². The van der Waals surface area contributed by atoms with E-state index in [2.05, 4.69) is 32.0 Å². The summed E-state index contributed by atoms with van der Waals surface area (Å²) in [6.45, 7) is 4.08. The number of halogens is 1. The van der Waals surface area contributed by atoms with Gasteiger partial charge in [0.15, 0.2) is 12.1 Å². The van der Waals surface area contributed by atoms with Gasteiger partial charge < -0.3 is 4.98 Å². The average molecular weight is 279 g/mol. The number of aromatic nitrogens is 2. The molecule has 0 spiro atoms. The van der Waals surface area contributed by atoms with Crippen molar-refractivity contribution in [3.05, 3.63) is 39.8 Å². The monoisotopic (exact) mass is 278 g/mol. The highest BCUT2D eigenvalue weighted by atomic mass is 79.9. The van der Waals surface area contributed by atoms with Crippen LogP contribution in [0.1, 0.15) is 21.7 Å². The van der Waals surface area contributed by atoms with E-state index in [0.717, 1.165) is 15.9 Å². The number of hydrogen-bond donors (Lipinski definition) is 1. The molecule has 2 rings (SSSR count). The lowest BCUT2D eigenvalue weighted by Gasteiger charge is -2.02. The predicted octanol–water partition coefficient (Wildman–Crippen LogP) is 3.27. The minimum Gasteiger partial charge on any atom is -0.330 e. The second kappa shape index (κ2) is 4.22. The van der Waals surface area contributed by atoms with Crippen molar-refractivity contribution in [2.75, 3.05) is 0 Å². The summed E-state index contributed by atoms with van der Waals surface area (Å²) < 4.78 is 0.736. The third-order valence-electron chi connectivity index (χ3n) is 2.28. The molecule has 1 heterocycles. The van der Waals surface area contributed by atoms with Gasteiger partial charge in [-0.25, -0.2) is 4.98 Å². The third-order valence-corrected chi connectivity index (χ3v) is 2.86. The lowest BCUT2D eigenvalue weighted by atomic mass is 10.1.